The molecule has 3 heteroatoms. The lowest BCUT2D eigenvalue weighted by Crippen LogP contribution is -1.88. The monoisotopic (exact) mass is 308 g/mol. The van der Waals surface area contributed by atoms with Gasteiger partial charge in [0.05, 0.1) is 4.83 Å². The van der Waals surface area contributed by atoms with Crippen LogP contribution in [0.4, 0.5) is 0 Å². The zero-order chi connectivity index (χ0) is 8.55. The summed E-state index contributed by atoms with van der Waals surface area (Å²) >= 11 is 9.13. The third-order valence-corrected chi connectivity index (χ3v) is 5.29. The number of thiophene rings is 1. The average molecular weight is 310 g/mol. The molecular formula is C9H10Br2S. The van der Waals surface area contributed by atoms with E-state index in [1.54, 1.807) is 0 Å². The van der Waals surface area contributed by atoms with Crippen LogP contribution >= 0.6 is 43.2 Å². The second-order valence-corrected chi connectivity index (χ2v) is 6.19. The van der Waals surface area contributed by atoms with Gasteiger partial charge in [0.25, 0.3) is 0 Å². The molecule has 0 aromatic carbocycles. The van der Waals surface area contributed by atoms with Gasteiger partial charge in [-0.05, 0) is 39.7 Å². The maximum atomic E-state index is 3.74. The molecule has 1 aromatic rings. The second kappa shape index (κ2) is 3.81. The summed E-state index contributed by atoms with van der Waals surface area (Å²) in [4.78, 5) is 2.02. The van der Waals surface area contributed by atoms with Gasteiger partial charge in [-0.25, -0.2) is 0 Å². The van der Waals surface area contributed by atoms with Gasteiger partial charge in [0.15, 0.2) is 0 Å². The zero-order valence-corrected chi connectivity index (χ0v) is 10.6. The number of hydrogen-bond donors (Lipinski definition) is 0. The van der Waals surface area contributed by atoms with Gasteiger partial charge < -0.3 is 0 Å². The number of alkyl halides is 1. The maximum Gasteiger partial charge on any atom is 0.0503 e. The minimum atomic E-state index is 0.569. The molecule has 0 aliphatic heterocycles. The van der Waals surface area contributed by atoms with Crippen molar-refractivity contribution in [3.8, 4) is 0 Å². The Hall–Kier alpha value is 0.660. The summed E-state index contributed by atoms with van der Waals surface area (Å²) in [7, 11) is 0. The van der Waals surface area contributed by atoms with Gasteiger partial charge in [0.1, 0.15) is 0 Å². The molecule has 0 nitrogen and oxygen atoms in total. The van der Waals surface area contributed by atoms with Crippen LogP contribution in [0.15, 0.2) is 15.9 Å². The van der Waals surface area contributed by atoms with Crippen LogP contribution in [0.2, 0.25) is 0 Å². The molecule has 0 N–H and O–H groups in total. The summed E-state index contributed by atoms with van der Waals surface area (Å²) in [6.45, 7) is 0. The summed E-state index contributed by atoms with van der Waals surface area (Å²) in [5.74, 6) is 0.989. The van der Waals surface area contributed by atoms with Gasteiger partial charge >= 0.3 is 0 Å². The predicted molar refractivity (Wildman–Crippen MR) is 61.0 cm³/mol. The van der Waals surface area contributed by atoms with E-state index in [-0.39, 0.29) is 0 Å². The first-order chi connectivity index (χ1) is 5.77. The first-order valence-electron chi connectivity index (χ1n) is 4.14. The Balaban J connectivity index is 2.02. The highest BCUT2D eigenvalue weighted by atomic mass is 79.9. The first kappa shape index (κ1) is 9.22. The summed E-state index contributed by atoms with van der Waals surface area (Å²) in [5.41, 5.74) is 0. The topological polar surface area (TPSA) is 0 Å². The lowest BCUT2D eigenvalue weighted by Gasteiger charge is -2.06. The van der Waals surface area contributed by atoms with Crippen LogP contribution in [0, 0.1) is 5.92 Å². The Labute approximate surface area is 93.6 Å². The van der Waals surface area contributed by atoms with E-state index in [0.29, 0.717) is 4.83 Å². The summed E-state index contributed by atoms with van der Waals surface area (Å²) in [5, 5.41) is 2.14. The van der Waals surface area contributed by atoms with Gasteiger partial charge in [-0.1, -0.05) is 28.8 Å². The highest BCUT2D eigenvalue weighted by molar-refractivity contribution is 9.11. The van der Waals surface area contributed by atoms with E-state index in [2.05, 4.69) is 43.3 Å². The second-order valence-electron chi connectivity index (χ2n) is 3.28. The maximum absolute atomic E-state index is 3.74. The van der Waals surface area contributed by atoms with Gasteiger partial charge in [0.2, 0.25) is 0 Å². The molecule has 0 amide bonds. The van der Waals surface area contributed by atoms with Crippen LogP contribution in [0.1, 0.15) is 29.0 Å². The van der Waals surface area contributed by atoms with Crippen molar-refractivity contribution in [2.45, 2.75) is 24.1 Å². The zero-order valence-electron chi connectivity index (χ0n) is 6.59. The van der Waals surface area contributed by atoms with E-state index < -0.39 is 0 Å². The van der Waals surface area contributed by atoms with E-state index in [1.807, 2.05) is 11.3 Å². The minimum Gasteiger partial charge on any atom is -0.147 e. The van der Waals surface area contributed by atoms with Gasteiger partial charge in [-0.3, -0.25) is 0 Å². The first-order valence-corrected chi connectivity index (χ1v) is 6.73. The Morgan fingerprint density at radius 3 is 2.83 bits per heavy atom. The summed E-state index contributed by atoms with van der Waals surface area (Å²) in [6.07, 6.45) is 4.18. The highest BCUT2D eigenvalue weighted by Gasteiger charge is 2.26. The Bertz CT molecular complexity index is 265. The van der Waals surface area contributed by atoms with Gasteiger partial charge in [0, 0.05) is 9.35 Å². The van der Waals surface area contributed by atoms with Crippen molar-refractivity contribution in [1.29, 1.82) is 0 Å². The molecule has 1 fully saturated rings. The van der Waals surface area contributed by atoms with Gasteiger partial charge in [-0.2, -0.15) is 0 Å². The van der Waals surface area contributed by atoms with Crippen molar-refractivity contribution in [3.63, 3.8) is 0 Å². The molecule has 2 rings (SSSR count). The molecule has 0 saturated heterocycles. The molecule has 1 unspecified atom stereocenters. The van der Waals surface area contributed by atoms with Crippen LogP contribution in [0.3, 0.4) is 0 Å². The third-order valence-electron chi connectivity index (χ3n) is 2.17. The Morgan fingerprint density at radius 2 is 2.33 bits per heavy atom. The van der Waals surface area contributed by atoms with Crippen LogP contribution in [-0.2, 0) is 0 Å². The van der Waals surface area contributed by atoms with Gasteiger partial charge in [-0.15, -0.1) is 11.3 Å². The lowest BCUT2D eigenvalue weighted by atomic mass is 10.2. The van der Waals surface area contributed by atoms with E-state index >= 15 is 0 Å². The molecule has 1 aliphatic carbocycles. The van der Waals surface area contributed by atoms with E-state index in [4.69, 9.17) is 0 Å². The fourth-order valence-electron chi connectivity index (χ4n) is 1.28. The average Bonchev–Trinajstić information content (AvgIpc) is 2.72. The van der Waals surface area contributed by atoms with Crippen LogP contribution < -0.4 is 0 Å². The van der Waals surface area contributed by atoms with Crippen molar-refractivity contribution in [3.05, 3.63) is 20.8 Å². The highest BCUT2D eigenvalue weighted by Crippen LogP contribution is 2.44. The third kappa shape index (κ3) is 2.12. The molecule has 1 aromatic heterocycles. The quantitative estimate of drug-likeness (QED) is 0.707. The SMILES string of the molecule is Brc1ccsc1C(Br)CC1CC1. The molecule has 1 heterocycles. The normalized spacial score (nSPS) is 19.5. The largest absolute Gasteiger partial charge is 0.147 e. The number of halogens is 2. The van der Waals surface area contributed by atoms with Crippen molar-refractivity contribution < 1.29 is 0 Å². The molecule has 0 radical (unpaired) electrons. The van der Waals surface area contributed by atoms with Crippen molar-refractivity contribution in [2.24, 2.45) is 5.92 Å². The molecule has 66 valence electrons. The Morgan fingerprint density at radius 1 is 1.58 bits per heavy atom. The lowest BCUT2D eigenvalue weighted by molar-refractivity contribution is 0.727. The minimum absolute atomic E-state index is 0.569. The molecule has 0 bridgehead atoms. The molecule has 1 atom stereocenters. The summed E-state index contributed by atoms with van der Waals surface area (Å²) < 4.78 is 1.26. The van der Waals surface area contributed by atoms with Crippen LogP contribution in [-0.4, -0.2) is 0 Å². The number of hydrogen-bond acceptors (Lipinski definition) is 1. The predicted octanol–water partition coefficient (Wildman–Crippen LogP) is 4.75. The van der Waals surface area contributed by atoms with Crippen molar-refractivity contribution >= 4 is 43.2 Å². The van der Waals surface area contributed by atoms with Crippen LogP contribution in [0.5, 0.6) is 0 Å². The molecule has 12 heavy (non-hydrogen) atoms. The smallest absolute Gasteiger partial charge is 0.0503 e. The Kier molecular flexibility index (Phi) is 2.93. The fraction of sp³-hybridized carbons (Fsp3) is 0.556. The van der Waals surface area contributed by atoms with E-state index in [9.17, 15) is 0 Å². The van der Waals surface area contributed by atoms with E-state index in [0.717, 1.165) is 5.92 Å². The van der Waals surface area contributed by atoms with Crippen molar-refractivity contribution in [2.75, 3.05) is 0 Å². The molecule has 1 aliphatic rings. The fourth-order valence-corrected chi connectivity index (χ4v) is 4.33. The molecule has 1 saturated carbocycles. The number of rotatable bonds is 3. The molecular weight excluding hydrogens is 300 g/mol. The van der Waals surface area contributed by atoms with Crippen LogP contribution in [0.25, 0.3) is 0 Å². The van der Waals surface area contributed by atoms with E-state index in [1.165, 1.54) is 28.6 Å². The molecule has 0 spiro atoms. The standard InChI is InChI=1S/C9H10Br2S/c10-7-3-4-12-9(7)8(11)5-6-1-2-6/h3-4,6,8H,1-2,5H2. The van der Waals surface area contributed by atoms with Crippen molar-refractivity contribution in [1.82, 2.24) is 0 Å². The summed E-state index contributed by atoms with van der Waals surface area (Å²) in [6, 6.07) is 2.13.